The fourth-order valence-corrected chi connectivity index (χ4v) is 4.38. The van der Waals surface area contributed by atoms with E-state index in [1.807, 2.05) is 20.8 Å². The highest BCUT2D eigenvalue weighted by Crippen LogP contribution is 2.34. The highest BCUT2D eigenvalue weighted by Gasteiger charge is 2.36. The van der Waals surface area contributed by atoms with Crippen molar-refractivity contribution in [3.05, 3.63) is 70.5 Å². The molecule has 0 bridgehead atoms. The predicted octanol–water partition coefficient (Wildman–Crippen LogP) is 3.91. The van der Waals surface area contributed by atoms with Crippen LogP contribution in [0.3, 0.4) is 0 Å². The summed E-state index contributed by atoms with van der Waals surface area (Å²) in [5, 5.41) is 2.90. The summed E-state index contributed by atoms with van der Waals surface area (Å²) >= 11 is 0.701. The van der Waals surface area contributed by atoms with Crippen molar-refractivity contribution < 1.29 is 23.5 Å². The molecule has 0 aliphatic heterocycles. The number of nitrogens with two attached hydrogens (primary N) is 2. The molecule has 0 aliphatic rings. The van der Waals surface area contributed by atoms with Crippen LogP contribution in [0, 0.1) is 11.7 Å². The molecule has 1 unspecified atom stereocenters. The van der Waals surface area contributed by atoms with Crippen LogP contribution in [0.2, 0.25) is 0 Å². The molecule has 1 atom stereocenters. The molecule has 11 heteroatoms. The number of halogens is 1. The lowest BCUT2D eigenvalue weighted by atomic mass is 10.0. The zero-order valence-electron chi connectivity index (χ0n) is 20.9. The number of benzene rings is 2. The Morgan fingerprint density at radius 2 is 1.76 bits per heavy atom. The van der Waals surface area contributed by atoms with Gasteiger partial charge in [-0.05, 0) is 72.8 Å². The smallest absolute Gasteiger partial charge is 0.273 e. The maximum absolute atomic E-state index is 13.9. The van der Waals surface area contributed by atoms with Gasteiger partial charge in [-0.25, -0.2) is 4.39 Å². The lowest BCUT2D eigenvalue weighted by Gasteiger charge is -2.31. The Balaban J connectivity index is 2.14. The average molecular weight is 528 g/mol. The highest BCUT2D eigenvalue weighted by molar-refractivity contribution is 7.09. The number of rotatable bonds is 11. The Morgan fingerprint density at radius 3 is 2.30 bits per heavy atom. The molecule has 0 spiro atoms. The van der Waals surface area contributed by atoms with Crippen molar-refractivity contribution in [3.8, 4) is 5.75 Å². The van der Waals surface area contributed by atoms with Crippen LogP contribution in [-0.2, 0) is 4.79 Å². The largest absolute Gasteiger partial charge is 0.494 e. The second kappa shape index (κ2) is 12.3. The van der Waals surface area contributed by atoms with E-state index in [1.54, 1.807) is 24.3 Å². The van der Waals surface area contributed by atoms with Gasteiger partial charge in [-0.3, -0.25) is 19.3 Å². The summed E-state index contributed by atoms with van der Waals surface area (Å²) in [6, 6.07) is 10.8. The predicted molar refractivity (Wildman–Crippen MR) is 141 cm³/mol. The van der Waals surface area contributed by atoms with Crippen LogP contribution in [0.25, 0.3) is 0 Å². The van der Waals surface area contributed by atoms with E-state index in [0.29, 0.717) is 41.9 Å². The van der Waals surface area contributed by atoms with E-state index in [4.69, 9.17) is 16.2 Å². The number of ether oxygens (including phenoxy) is 1. The minimum atomic E-state index is -1.15. The minimum absolute atomic E-state index is 0.0657. The van der Waals surface area contributed by atoms with Crippen molar-refractivity contribution in [2.24, 2.45) is 11.7 Å². The number of nitrogen functional groups attached to an aromatic ring is 1. The molecule has 0 saturated heterocycles. The summed E-state index contributed by atoms with van der Waals surface area (Å²) in [6.07, 6.45) is 0.732. The van der Waals surface area contributed by atoms with Crippen LogP contribution in [0.1, 0.15) is 59.0 Å². The number of amides is 3. The fourth-order valence-electron chi connectivity index (χ4n) is 3.64. The summed E-state index contributed by atoms with van der Waals surface area (Å²) < 4.78 is 23.2. The molecule has 37 heavy (non-hydrogen) atoms. The first-order valence-corrected chi connectivity index (χ1v) is 12.6. The Kier molecular flexibility index (Phi) is 9.18. The van der Waals surface area contributed by atoms with E-state index < -0.39 is 29.6 Å². The second-order valence-corrected chi connectivity index (χ2v) is 9.44. The van der Waals surface area contributed by atoms with Crippen LogP contribution in [0.5, 0.6) is 5.75 Å². The summed E-state index contributed by atoms with van der Waals surface area (Å²) in [6.45, 7) is 6.78. The molecule has 0 aliphatic carbocycles. The van der Waals surface area contributed by atoms with Crippen LogP contribution < -0.4 is 26.4 Å². The van der Waals surface area contributed by atoms with Gasteiger partial charge in [0, 0.05) is 12.2 Å². The van der Waals surface area contributed by atoms with Gasteiger partial charge < -0.3 is 21.5 Å². The third kappa shape index (κ3) is 6.62. The maximum Gasteiger partial charge on any atom is 0.273 e. The number of primary amides is 1. The summed E-state index contributed by atoms with van der Waals surface area (Å²) in [4.78, 5) is 40.4. The van der Waals surface area contributed by atoms with Crippen molar-refractivity contribution in [2.75, 3.05) is 23.8 Å². The molecule has 196 valence electrons. The average Bonchev–Trinajstić information content (AvgIpc) is 3.25. The van der Waals surface area contributed by atoms with E-state index >= 15 is 0 Å². The summed E-state index contributed by atoms with van der Waals surface area (Å²) in [5.74, 6) is -1.57. The molecule has 9 nitrogen and oxygen atoms in total. The first-order chi connectivity index (χ1) is 17.6. The minimum Gasteiger partial charge on any atom is -0.494 e. The number of carbonyl (C=O) groups is 3. The third-order valence-corrected chi connectivity index (χ3v) is 6.36. The quantitative estimate of drug-likeness (QED) is 0.345. The van der Waals surface area contributed by atoms with Gasteiger partial charge in [0.2, 0.25) is 5.91 Å². The SMILES string of the molecule is CCOc1ccc(C(C(=O)NCCC(C)C)N(C(=O)c2snc(C(N)=O)c2N)c2ccc(F)cc2)cc1. The summed E-state index contributed by atoms with van der Waals surface area (Å²) in [7, 11) is 0. The first kappa shape index (κ1) is 27.6. The molecule has 3 aromatic rings. The van der Waals surface area contributed by atoms with E-state index in [9.17, 15) is 18.8 Å². The number of nitrogens with zero attached hydrogens (tertiary/aromatic N) is 2. The van der Waals surface area contributed by atoms with Crippen LogP contribution in [0.4, 0.5) is 15.8 Å². The molecule has 1 heterocycles. The van der Waals surface area contributed by atoms with Crippen LogP contribution >= 0.6 is 11.5 Å². The first-order valence-electron chi connectivity index (χ1n) is 11.8. The van der Waals surface area contributed by atoms with Gasteiger partial charge in [-0.1, -0.05) is 26.0 Å². The van der Waals surface area contributed by atoms with Gasteiger partial charge in [0.05, 0.1) is 12.3 Å². The molecule has 0 fully saturated rings. The van der Waals surface area contributed by atoms with Gasteiger partial charge >= 0.3 is 0 Å². The lowest BCUT2D eigenvalue weighted by Crippen LogP contribution is -2.44. The molecule has 1 aromatic heterocycles. The lowest BCUT2D eigenvalue weighted by molar-refractivity contribution is -0.122. The van der Waals surface area contributed by atoms with Gasteiger partial charge in [0.1, 0.15) is 22.5 Å². The monoisotopic (exact) mass is 527 g/mol. The molecule has 0 saturated carbocycles. The number of aromatic nitrogens is 1. The summed E-state index contributed by atoms with van der Waals surface area (Å²) in [5.41, 5.74) is 11.7. The Bertz CT molecular complexity index is 1240. The van der Waals surface area contributed by atoms with Crippen LogP contribution in [0.15, 0.2) is 48.5 Å². The number of anilines is 2. The number of hydrogen-bond acceptors (Lipinski definition) is 7. The Hall–Kier alpha value is -3.99. The zero-order chi connectivity index (χ0) is 27.1. The highest BCUT2D eigenvalue weighted by atomic mass is 32.1. The van der Waals surface area contributed by atoms with E-state index in [0.717, 1.165) is 6.42 Å². The molecule has 5 N–H and O–H groups in total. The molecular weight excluding hydrogens is 497 g/mol. The topological polar surface area (TPSA) is 141 Å². The van der Waals surface area contributed by atoms with Crippen molar-refractivity contribution in [2.45, 2.75) is 33.2 Å². The van der Waals surface area contributed by atoms with Gasteiger partial charge in [-0.15, -0.1) is 0 Å². The van der Waals surface area contributed by atoms with Gasteiger partial charge in [-0.2, -0.15) is 4.37 Å². The van der Waals surface area contributed by atoms with E-state index in [-0.39, 0.29) is 21.9 Å². The van der Waals surface area contributed by atoms with Crippen molar-refractivity contribution in [1.29, 1.82) is 0 Å². The maximum atomic E-state index is 13.9. The molecular formula is C26H30FN5O4S. The van der Waals surface area contributed by atoms with Crippen molar-refractivity contribution in [1.82, 2.24) is 9.69 Å². The standard InChI is InChI=1S/C26H30FN5O4S/c1-4-36-19-11-5-16(6-12-19)22(25(34)30-14-13-15(2)3)32(18-9-7-17(27)8-10-18)26(35)23-20(28)21(24(29)33)31-37-23/h5-12,15,22H,4,13-14,28H2,1-3H3,(H2,29,33)(H,30,34). The van der Waals surface area contributed by atoms with Gasteiger partial charge in [0.25, 0.3) is 11.8 Å². The van der Waals surface area contributed by atoms with Crippen molar-refractivity contribution >= 4 is 40.6 Å². The van der Waals surface area contributed by atoms with Crippen LogP contribution in [-0.4, -0.2) is 35.2 Å². The van der Waals surface area contributed by atoms with E-state index in [2.05, 4.69) is 9.69 Å². The van der Waals surface area contributed by atoms with Gasteiger partial charge in [0.15, 0.2) is 5.69 Å². The molecule has 3 amide bonds. The number of nitrogens with one attached hydrogen (secondary N) is 1. The Labute approximate surface area is 218 Å². The molecule has 3 rings (SSSR count). The normalized spacial score (nSPS) is 11.7. The Morgan fingerprint density at radius 1 is 1.11 bits per heavy atom. The second-order valence-electron chi connectivity index (χ2n) is 8.67. The van der Waals surface area contributed by atoms with E-state index in [1.165, 1.54) is 29.2 Å². The molecule has 2 aromatic carbocycles. The number of carbonyl (C=O) groups excluding carboxylic acids is 3. The zero-order valence-corrected chi connectivity index (χ0v) is 21.7. The fraction of sp³-hybridized carbons (Fsp3) is 0.308. The van der Waals surface area contributed by atoms with Crippen molar-refractivity contribution in [3.63, 3.8) is 0 Å². The number of hydrogen-bond donors (Lipinski definition) is 3. The molecule has 0 radical (unpaired) electrons. The third-order valence-electron chi connectivity index (χ3n) is 5.51.